The van der Waals surface area contributed by atoms with Crippen molar-refractivity contribution in [1.29, 1.82) is 0 Å². The topological polar surface area (TPSA) is 73.4 Å². The fourth-order valence-corrected chi connectivity index (χ4v) is 5.29. The summed E-state index contributed by atoms with van der Waals surface area (Å²) in [5.41, 5.74) is 1.39. The van der Waals surface area contributed by atoms with Crippen molar-refractivity contribution in [2.75, 3.05) is 51.1 Å². The van der Waals surface area contributed by atoms with Crippen LogP contribution >= 0.6 is 0 Å². The molecule has 7 nitrogen and oxygen atoms in total. The standard InChI is InChI=1S/C25H33F3N6O/c26-25(27,28)17-30-21-2-1-19-20(32-21)3-10-29-22(19)23(35)31-18-4-11-33(12-5-18)15-16-34-13-8-24(6-7-24)9-14-34/h1-3,10,18H,4-9,11-17H2,(H,30,32)(H,31,35). The van der Waals surface area contributed by atoms with Crippen molar-refractivity contribution < 1.29 is 18.0 Å². The van der Waals surface area contributed by atoms with Crippen LogP contribution < -0.4 is 10.6 Å². The Hall–Kier alpha value is -2.46. The van der Waals surface area contributed by atoms with Crippen molar-refractivity contribution in [3.63, 3.8) is 0 Å². The molecule has 2 N–H and O–H groups in total. The Bertz CT molecular complexity index is 1040. The third-order valence-electron chi connectivity index (χ3n) is 7.83. The largest absolute Gasteiger partial charge is 0.405 e. The highest BCUT2D eigenvalue weighted by Gasteiger charge is 2.44. The zero-order valence-corrected chi connectivity index (χ0v) is 19.9. The van der Waals surface area contributed by atoms with Crippen molar-refractivity contribution in [3.8, 4) is 0 Å². The molecule has 1 saturated carbocycles. The highest BCUT2D eigenvalue weighted by molar-refractivity contribution is 6.04. The Morgan fingerprint density at radius 1 is 1.00 bits per heavy atom. The molecule has 10 heteroatoms. The number of aromatic nitrogens is 2. The van der Waals surface area contributed by atoms with Gasteiger partial charge in [-0.3, -0.25) is 9.78 Å². The summed E-state index contributed by atoms with van der Waals surface area (Å²) in [7, 11) is 0. The summed E-state index contributed by atoms with van der Waals surface area (Å²) in [6, 6.07) is 4.71. The summed E-state index contributed by atoms with van der Waals surface area (Å²) in [5.74, 6) is -0.162. The van der Waals surface area contributed by atoms with Crippen molar-refractivity contribution in [2.24, 2.45) is 5.41 Å². The van der Waals surface area contributed by atoms with Gasteiger partial charge < -0.3 is 20.4 Å². The van der Waals surface area contributed by atoms with Crippen molar-refractivity contribution in [3.05, 3.63) is 30.1 Å². The smallest absolute Gasteiger partial charge is 0.361 e. The number of nitrogens with one attached hydrogen (secondary N) is 2. The van der Waals surface area contributed by atoms with Crippen LogP contribution in [0.2, 0.25) is 0 Å². The van der Waals surface area contributed by atoms with Crippen LogP contribution in [0, 0.1) is 5.41 Å². The number of rotatable bonds is 7. The minimum absolute atomic E-state index is 0.0844. The molecule has 2 aliphatic heterocycles. The van der Waals surface area contributed by atoms with E-state index in [1.807, 2.05) is 0 Å². The van der Waals surface area contributed by atoms with Crippen LogP contribution in [0.25, 0.3) is 10.9 Å². The Morgan fingerprint density at radius 2 is 1.69 bits per heavy atom. The quantitative estimate of drug-likeness (QED) is 0.617. The predicted molar refractivity (Wildman–Crippen MR) is 128 cm³/mol. The number of hydrogen-bond donors (Lipinski definition) is 2. The molecule has 1 aliphatic carbocycles. The van der Waals surface area contributed by atoms with Gasteiger partial charge in [0.2, 0.25) is 0 Å². The molecular weight excluding hydrogens is 457 g/mol. The van der Waals surface area contributed by atoms with Gasteiger partial charge >= 0.3 is 6.18 Å². The molecule has 1 spiro atoms. The van der Waals surface area contributed by atoms with Gasteiger partial charge in [0, 0.05) is 43.8 Å². The molecule has 0 atom stereocenters. The first-order valence-electron chi connectivity index (χ1n) is 12.6. The lowest BCUT2D eigenvalue weighted by molar-refractivity contribution is -0.115. The van der Waals surface area contributed by atoms with Gasteiger partial charge in [-0.1, -0.05) is 0 Å². The molecule has 0 radical (unpaired) electrons. The van der Waals surface area contributed by atoms with Gasteiger partial charge in [0.25, 0.3) is 5.91 Å². The average molecular weight is 491 g/mol. The lowest BCUT2D eigenvalue weighted by Crippen LogP contribution is -2.47. The van der Waals surface area contributed by atoms with E-state index in [1.54, 1.807) is 12.1 Å². The lowest BCUT2D eigenvalue weighted by Gasteiger charge is -2.36. The van der Waals surface area contributed by atoms with E-state index in [1.165, 1.54) is 51.0 Å². The number of anilines is 1. The van der Waals surface area contributed by atoms with Crippen LogP contribution in [0.3, 0.4) is 0 Å². The number of fused-ring (bicyclic) bond motifs is 1. The molecule has 2 aromatic rings. The normalized spacial score (nSPS) is 21.3. The number of halogens is 3. The molecule has 3 aliphatic rings. The zero-order chi connectivity index (χ0) is 24.5. The van der Waals surface area contributed by atoms with E-state index >= 15 is 0 Å². The molecule has 0 bridgehead atoms. The number of pyridine rings is 2. The van der Waals surface area contributed by atoms with Crippen molar-refractivity contribution in [1.82, 2.24) is 25.1 Å². The van der Waals surface area contributed by atoms with Gasteiger partial charge in [-0.2, -0.15) is 13.2 Å². The van der Waals surface area contributed by atoms with Gasteiger partial charge in [0.15, 0.2) is 0 Å². The second-order valence-electron chi connectivity index (χ2n) is 10.3. The number of amides is 1. The monoisotopic (exact) mass is 490 g/mol. The summed E-state index contributed by atoms with van der Waals surface area (Å²) in [6.07, 6.45) is 4.52. The molecule has 4 heterocycles. The maximum Gasteiger partial charge on any atom is 0.405 e. The zero-order valence-electron chi connectivity index (χ0n) is 19.9. The second-order valence-corrected chi connectivity index (χ2v) is 10.3. The van der Waals surface area contributed by atoms with E-state index in [4.69, 9.17) is 0 Å². The van der Waals surface area contributed by atoms with Crippen LogP contribution in [0.15, 0.2) is 24.4 Å². The number of carbonyl (C=O) groups excluding carboxylic acids is 1. The molecule has 1 amide bonds. The van der Waals surface area contributed by atoms with Crippen LogP contribution in [0.5, 0.6) is 0 Å². The summed E-state index contributed by atoms with van der Waals surface area (Å²) in [4.78, 5) is 26.5. The predicted octanol–water partition coefficient (Wildman–Crippen LogP) is 3.67. The molecule has 190 valence electrons. The highest BCUT2D eigenvalue weighted by Crippen LogP contribution is 2.53. The molecule has 2 saturated heterocycles. The second kappa shape index (κ2) is 9.89. The third kappa shape index (κ3) is 6.22. The highest BCUT2D eigenvalue weighted by atomic mass is 19.4. The Balaban J connectivity index is 1.10. The Labute approximate surface area is 203 Å². The number of likely N-dealkylation sites (tertiary alicyclic amines) is 2. The summed E-state index contributed by atoms with van der Waals surface area (Å²) in [6.45, 7) is 5.43. The first-order chi connectivity index (χ1) is 16.8. The fourth-order valence-electron chi connectivity index (χ4n) is 5.29. The first-order valence-corrected chi connectivity index (χ1v) is 12.6. The first kappa shape index (κ1) is 24.2. The minimum Gasteiger partial charge on any atom is -0.361 e. The Kier molecular flexibility index (Phi) is 6.85. The van der Waals surface area contributed by atoms with E-state index in [-0.39, 0.29) is 23.5 Å². The van der Waals surface area contributed by atoms with Crippen molar-refractivity contribution in [2.45, 2.75) is 50.7 Å². The van der Waals surface area contributed by atoms with Gasteiger partial charge in [0.1, 0.15) is 18.1 Å². The molecule has 5 rings (SSSR count). The van der Waals surface area contributed by atoms with E-state index in [2.05, 4.69) is 30.4 Å². The van der Waals surface area contributed by atoms with Gasteiger partial charge in [0.05, 0.1) is 5.52 Å². The maximum absolute atomic E-state index is 13.0. The number of alkyl halides is 3. The number of hydrogen-bond acceptors (Lipinski definition) is 6. The lowest BCUT2D eigenvalue weighted by atomic mass is 9.94. The van der Waals surface area contributed by atoms with Gasteiger partial charge in [-0.15, -0.1) is 0 Å². The molecule has 2 aromatic heterocycles. The summed E-state index contributed by atoms with van der Waals surface area (Å²) < 4.78 is 37.4. The van der Waals surface area contributed by atoms with E-state index in [0.29, 0.717) is 16.3 Å². The van der Waals surface area contributed by atoms with E-state index < -0.39 is 12.7 Å². The SMILES string of the molecule is O=C(NC1CCN(CCN2CCC3(CC2)CC3)CC1)c1nccc2nc(NCC(F)(F)F)ccc12. The molecule has 35 heavy (non-hydrogen) atoms. The summed E-state index contributed by atoms with van der Waals surface area (Å²) in [5, 5.41) is 5.89. The molecular formula is C25H33F3N6O. The van der Waals surface area contributed by atoms with Crippen LogP contribution in [-0.2, 0) is 0 Å². The van der Waals surface area contributed by atoms with Crippen LogP contribution in [0.4, 0.5) is 19.0 Å². The van der Waals surface area contributed by atoms with Crippen LogP contribution in [-0.4, -0.2) is 83.7 Å². The van der Waals surface area contributed by atoms with Crippen molar-refractivity contribution >= 4 is 22.6 Å². The minimum atomic E-state index is -4.33. The van der Waals surface area contributed by atoms with E-state index in [9.17, 15) is 18.0 Å². The maximum atomic E-state index is 13.0. The average Bonchev–Trinajstić information content (AvgIpc) is 3.61. The molecule has 0 unspecified atom stereocenters. The summed E-state index contributed by atoms with van der Waals surface area (Å²) >= 11 is 0. The number of nitrogens with zero attached hydrogens (tertiary/aromatic N) is 4. The number of carbonyl (C=O) groups is 1. The third-order valence-corrected chi connectivity index (χ3v) is 7.83. The number of piperidine rings is 2. The van der Waals surface area contributed by atoms with Gasteiger partial charge in [-0.25, -0.2) is 4.98 Å². The van der Waals surface area contributed by atoms with Gasteiger partial charge in [-0.05, 0) is 75.2 Å². The Morgan fingerprint density at radius 3 is 2.34 bits per heavy atom. The molecule has 0 aromatic carbocycles. The molecule has 3 fully saturated rings. The van der Waals surface area contributed by atoms with Crippen LogP contribution in [0.1, 0.15) is 49.0 Å². The fraction of sp³-hybridized carbons (Fsp3) is 0.640. The van der Waals surface area contributed by atoms with E-state index in [0.717, 1.165) is 39.0 Å².